The maximum Gasteiger partial charge on any atom is 0.231 e. The van der Waals surface area contributed by atoms with Crippen molar-refractivity contribution in [1.29, 1.82) is 0 Å². The summed E-state index contributed by atoms with van der Waals surface area (Å²) in [7, 11) is 1.96. The molecule has 1 aliphatic heterocycles. The number of aryl methyl sites for hydroxylation is 1. The molecule has 1 N–H and O–H groups in total. The molecular formula is C21H27NO5. The Bertz CT molecular complexity index is 736. The van der Waals surface area contributed by atoms with E-state index in [1.165, 1.54) is 0 Å². The van der Waals surface area contributed by atoms with E-state index < -0.39 is 6.10 Å². The zero-order chi connectivity index (χ0) is 19.1. The van der Waals surface area contributed by atoms with E-state index in [0.29, 0.717) is 19.8 Å². The highest BCUT2D eigenvalue weighted by Crippen LogP contribution is 2.32. The molecule has 3 rings (SSSR count). The molecule has 6 nitrogen and oxygen atoms in total. The molecule has 1 heterocycles. The molecule has 27 heavy (non-hydrogen) atoms. The number of benzene rings is 2. The van der Waals surface area contributed by atoms with Gasteiger partial charge in [-0.25, -0.2) is 0 Å². The van der Waals surface area contributed by atoms with Gasteiger partial charge in [0.2, 0.25) is 6.79 Å². The molecule has 2 aromatic carbocycles. The van der Waals surface area contributed by atoms with Crippen LogP contribution in [0.15, 0.2) is 42.5 Å². The SMILES string of the molecule is Cc1ccccc1OCCN(C)CC(O)COCc1ccc2c(c1)OCO2. The summed E-state index contributed by atoms with van der Waals surface area (Å²) in [5.74, 6) is 2.40. The molecule has 0 radical (unpaired) electrons. The van der Waals surface area contributed by atoms with E-state index in [1.54, 1.807) is 0 Å². The number of rotatable bonds is 10. The number of hydrogen-bond donors (Lipinski definition) is 1. The van der Waals surface area contributed by atoms with Crippen LogP contribution in [0.2, 0.25) is 0 Å². The van der Waals surface area contributed by atoms with Crippen molar-refractivity contribution in [2.45, 2.75) is 19.6 Å². The lowest BCUT2D eigenvalue weighted by Crippen LogP contribution is -2.34. The number of fused-ring (bicyclic) bond motifs is 1. The molecule has 6 heteroatoms. The van der Waals surface area contributed by atoms with Crippen LogP contribution in [0.25, 0.3) is 0 Å². The van der Waals surface area contributed by atoms with Crippen molar-refractivity contribution in [3.05, 3.63) is 53.6 Å². The van der Waals surface area contributed by atoms with Crippen LogP contribution < -0.4 is 14.2 Å². The van der Waals surface area contributed by atoms with Crippen LogP contribution in [0, 0.1) is 6.92 Å². The van der Waals surface area contributed by atoms with Crippen molar-refractivity contribution in [2.24, 2.45) is 0 Å². The molecule has 0 spiro atoms. The van der Waals surface area contributed by atoms with Gasteiger partial charge < -0.3 is 29.0 Å². The summed E-state index contributed by atoms with van der Waals surface area (Å²) in [5.41, 5.74) is 2.11. The van der Waals surface area contributed by atoms with E-state index in [0.717, 1.165) is 34.9 Å². The third-order valence-electron chi connectivity index (χ3n) is 4.36. The van der Waals surface area contributed by atoms with Gasteiger partial charge in [-0.1, -0.05) is 24.3 Å². The highest BCUT2D eigenvalue weighted by Gasteiger charge is 2.14. The number of likely N-dealkylation sites (N-methyl/N-ethyl adjacent to an activating group) is 1. The number of nitrogens with zero attached hydrogens (tertiary/aromatic N) is 1. The van der Waals surface area contributed by atoms with Gasteiger partial charge in [0.05, 0.1) is 19.3 Å². The second-order valence-corrected chi connectivity index (χ2v) is 6.73. The number of hydrogen-bond acceptors (Lipinski definition) is 6. The van der Waals surface area contributed by atoms with Gasteiger partial charge in [-0.15, -0.1) is 0 Å². The summed E-state index contributed by atoms with van der Waals surface area (Å²) in [6, 6.07) is 13.7. The topological polar surface area (TPSA) is 60.4 Å². The third-order valence-corrected chi connectivity index (χ3v) is 4.36. The minimum absolute atomic E-state index is 0.262. The largest absolute Gasteiger partial charge is 0.492 e. The van der Waals surface area contributed by atoms with E-state index in [4.69, 9.17) is 18.9 Å². The van der Waals surface area contributed by atoms with Crippen LogP contribution in [0.4, 0.5) is 0 Å². The fourth-order valence-electron chi connectivity index (χ4n) is 2.88. The first-order valence-corrected chi connectivity index (χ1v) is 9.13. The summed E-state index contributed by atoms with van der Waals surface area (Å²) in [6.45, 7) is 4.82. The average Bonchev–Trinajstić information content (AvgIpc) is 3.11. The number of aliphatic hydroxyl groups is 1. The first-order chi connectivity index (χ1) is 13.1. The minimum Gasteiger partial charge on any atom is -0.492 e. The lowest BCUT2D eigenvalue weighted by atomic mass is 10.2. The van der Waals surface area contributed by atoms with Crippen molar-refractivity contribution >= 4 is 0 Å². The van der Waals surface area contributed by atoms with Crippen molar-refractivity contribution in [2.75, 3.05) is 40.1 Å². The molecule has 1 unspecified atom stereocenters. The zero-order valence-electron chi connectivity index (χ0n) is 15.9. The van der Waals surface area contributed by atoms with Gasteiger partial charge >= 0.3 is 0 Å². The quantitative estimate of drug-likeness (QED) is 0.691. The first kappa shape index (κ1) is 19.5. The van der Waals surface area contributed by atoms with Gasteiger partial charge in [0.1, 0.15) is 12.4 Å². The number of para-hydroxylation sites is 1. The molecule has 0 amide bonds. The van der Waals surface area contributed by atoms with E-state index in [9.17, 15) is 5.11 Å². The van der Waals surface area contributed by atoms with Gasteiger partial charge in [0, 0.05) is 13.1 Å². The first-order valence-electron chi connectivity index (χ1n) is 9.13. The normalized spacial score (nSPS) is 13.8. The Morgan fingerprint density at radius 3 is 2.81 bits per heavy atom. The Morgan fingerprint density at radius 1 is 1.15 bits per heavy atom. The summed E-state index contributed by atoms with van der Waals surface area (Å²) >= 11 is 0. The lowest BCUT2D eigenvalue weighted by molar-refractivity contribution is 0.0123. The minimum atomic E-state index is -0.553. The van der Waals surface area contributed by atoms with Crippen molar-refractivity contribution in [3.63, 3.8) is 0 Å². The molecule has 0 saturated heterocycles. The van der Waals surface area contributed by atoms with Gasteiger partial charge in [-0.3, -0.25) is 0 Å². The van der Waals surface area contributed by atoms with Crippen LogP contribution in [-0.2, 0) is 11.3 Å². The second kappa shape index (κ2) is 9.60. The van der Waals surface area contributed by atoms with E-state index in [-0.39, 0.29) is 13.4 Å². The predicted octanol–water partition coefficient (Wildman–Crippen LogP) is 2.61. The summed E-state index contributed by atoms with van der Waals surface area (Å²) in [5, 5.41) is 10.2. The smallest absolute Gasteiger partial charge is 0.231 e. The Hall–Kier alpha value is -2.28. The molecule has 0 fully saturated rings. The van der Waals surface area contributed by atoms with E-state index >= 15 is 0 Å². The van der Waals surface area contributed by atoms with Crippen LogP contribution in [-0.4, -0.2) is 56.3 Å². The van der Waals surface area contributed by atoms with E-state index in [1.807, 2.05) is 61.3 Å². The van der Waals surface area contributed by atoms with Gasteiger partial charge in [0.25, 0.3) is 0 Å². The molecule has 0 bridgehead atoms. The predicted molar refractivity (Wildman–Crippen MR) is 102 cm³/mol. The molecule has 2 aromatic rings. The Labute approximate surface area is 160 Å². The van der Waals surface area contributed by atoms with Crippen LogP contribution in [0.5, 0.6) is 17.2 Å². The zero-order valence-corrected chi connectivity index (χ0v) is 15.9. The Morgan fingerprint density at radius 2 is 1.96 bits per heavy atom. The molecular weight excluding hydrogens is 346 g/mol. The van der Waals surface area contributed by atoms with Crippen LogP contribution in [0.3, 0.4) is 0 Å². The van der Waals surface area contributed by atoms with Crippen molar-refractivity contribution in [3.8, 4) is 17.2 Å². The highest BCUT2D eigenvalue weighted by atomic mass is 16.7. The van der Waals surface area contributed by atoms with Gasteiger partial charge in [-0.05, 0) is 43.3 Å². The lowest BCUT2D eigenvalue weighted by Gasteiger charge is -2.21. The van der Waals surface area contributed by atoms with Crippen molar-refractivity contribution in [1.82, 2.24) is 4.90 Å². The monoisotopic (exact) mass is 373 g/mol. The summed E-state index contributed by atoms with van der Waals surface area (Å²) in [6.07, 6.45) is -0.553. The van der Waals surface area contributed by atoms with Crippen molar-refractivity contribution < 1.29 is 24.1 Å². The number of ether oxygens (including phenoxy) is 4. The maximum absolute atomic E-state index is 10.2. The number of aliphatic hydroxyl groups excluding tert-OH is 1. The maximum atomic E-state index is 10.2. The fraction of sp³-hybridized carbons (Fsp3) is 0.429. The van der Waals surface area contributed by atoms with Gasteiger partial charge in [-0.2, -0.15) is 0 Å². The molecule has 0 aromatic heterocycles. The molecule has 1 atom stereocenters. The molecule has 146 valence electrons. The Balaban J connectivity index is 1.31. The fourth-order valence-corrected chi connectivity index (χ4v) is 2.88. The van der Waals surface area contributed by atoms with Crippen LogP contribution in [0.1, 0.15) is 11.1 Å². The third kappa shape index (κ3) is 5.85. The summed E-state index contributed by atoms with van der Waals surface area (Å²) in [4.78, 5) is 2.03. The van der Waals surface area contributed by atoms with E-state index in [2.05, 4.69) is 0 Å². The average molecular weight is 373 g/mol. The molecule has 1 aliphatic rings. The molecule has 0 aliphatic carbocycles. The second-order valence-electron chi connectivity index (χ2n) is 6.73. The summed E-state index contributed by atoms with van der Waals surface area (Å²) < 4.78 is 22.1. The molecule has 0 saturated carbocycles. The van der Waals surface area contributed by atoms with Crippen LogP contribution >= 0.6 is 0 Å². The van der Waals surface area contributed by atoms with Gasteiger partial charge in [0.15, 0.2) is 11.5 Å². The Kier molecular flexibility index (Phi) is 6.92. The standard InChI is InChI=1S/C21H27NO5/c1-16-5-3-4-6-19(16)25-10-9-22(2)12-18(23)14-24-13-17-7-8-20-21(11-17)27-15-26-20/h3-8,11,18,23H,9-10,12-15H2,1-2H3. The highest BCUT2D eigenvalue weighted by molar-refractivity contribution is 5.44.